The van der Waals surface area contributed by atoms with Gasteiger partial charge < -0.3 is 24.8 Å². The minimum absolute atomic E-state index is 0. The molecule has 0 radical (unpaired) electrons. The van der Waals surface area contributed by atoms with E-state index in [9.17, 15) is 31.9 Å². The van der Waals surface area contributed by atoms with E-state index in [4.69, 9.17) is 9.47 Å². The van der Waals surface area contributed by atoms with E-state index >= 15 is 0 Å². The van der Waals surface area contributed by atoms with Crippen molar-refractivity contribution in [3.63, 3.8) is 0 Å². The molecule has 1 aromatic rings. The molecular formula is C24H35F5N2O4. The summed E-state index contributed by atoms with van der Waals surface area (Å²) in [6.45, 7) is 2.98. The number of aliphatic hydroxyl groups excluding tert-OH is 1. The highest BCUT2D eigenvalue weighted by Crippen LogP contribution is 2.39. The third kappa shape index (κ3) is 8.20. The minimum Gasteiger partial charge on any atom is -0.486 e. The number of carbonyl (C=O) groups is 1. The van der Waals surface area contributed by atoms with Crippen LogP contribution in [0.15, 0.2) is 18.2 Å². The molecule has 2 atom stereocenters. The van der Waals surface area contributed by atoms with E-state index < -0.39 is 30.7 Å². The Morgan fingerprint density at radius 1 is 1.03 bits per heavy atom. The van der Waals surface area contributed by atoms with E-state index in [0.29, 0.717) is 36.8 Å². The first-order valence-corrected chi connectivity index (χ1v) is 11.6. The fraction of sp³-hybridized carbons (Fsp3) is 0.708. The molecular weight excluding hydrogens is 475 g/mol. The summed E-state index contributed by atoms with van der Waals surface area (Å²) in [7, 11) is 0. The van der Waals surface area contributed by atoms with Crippen molar-refractivity contribution in [3.8, 4) is 11.5 Å². The number of benzene rings is 1. The summed E-state index contributed by atoms with van der Waals surface area (Å²) in [6, 6.07) is 4.48. The third-order valence-corrected chi connectivity index (χ3v) is 6.10. The predicted octanol–water partition coefficient (Wildman–Crippen LogP) is 4.86. The molecule has 0 bridgehead atoms. The van der Waals surface area contributed by atoms with Crippen molar-refractivity contribution in [2.24, 2.45) is 0 Å². The number of hydrogen-bond acceptors (Lipinski definition) is 5. The Hall–Kier alpha value is -2.14. The molecule has 2 N–H and O–H groups in total. The number of likely N-dealkylation sites (tertiary alicyclic amines) is 1. The van der Waals surface area contributed by atoms with Gasteiger partial charge in [-0.2, -0.15) is 22.0 Å². The minimum atomic E-state index is -5.56. The smallest absolute Gasteiger partial charge is 0.453 e. The van der Waals surface area contributed by atoms with Crippen molar-refractivity contribution < 1.29 is 41.3 Å². The lowest BCUT2D eigenvalue weighted by atomic mass is 10.0. The van der Waals surface area contributed by atoms with Crippen molar-refractivity contribution in [3.05, 3.63) is 23.8 Å². The maximum absolute atomic E-state index is 13.0. The molecule has 2 heterocycles. The van der Waals surface area contributed by atoms with Crippen LogP contribution in [0, 0.1) is 0 Å². The Morgan fingerprint density at radius 2 is 1.69 bits per heavy atom. The lowest BCUT2D eigenvalue weighted by Crippen LogP contribution is -2.46. The number of rotatable bonds is 11. The number of halogens is 5. The number of hydrogen-bond donors (Lipinski definition) is 2. The van der Waals surface area contributed by atoms with E-state index in [1.165, 1.54) is 0 Å². The Bertz CT molecular complexity index is 816. The van der Waals surface area contributed by atoms with Crippen LogP contribution in [-0.4, -0.2) is 66.9 Å². The summed E-state index contributed by atoms with van der Waals surface area (Å²) in [6.07, 6.45) is -5.93. The third-order valence-electron chi connectivity index (χ3n) is 6.10. The number of nitrogens with zero attached hydrogens (tertiary/aromatic N) is 1. The second kappa shape index (κ2) is 12.7. The van der Waals surface area contributed by atoms with Crippen molar-refractivity contribution in [2.75, 3.05) is 32.8 Å². The van der Waals surface area contributed by atoms with E-state index in [1.54, 1.807) is 18.2 Å². The van der Waals surface area contributed by atoms with Gasteiger partial charge in [-0.1, -0.05) is 19.9 Å². The average molecular weight is 511 g/mol. The number of alkyl halides is 5. The molecule has 1 aromatic carbocycles. The number of amides is 1. The van der Waals surface area contributed by atoms with Gasteiger partial charge in [0.1, 0.15) is 19.3 Å². The summed E-state index contributed by atoms with van der Waals surface area (Å²) >= 11 is 0. The molecule has 2 aliphatic rings. The molecule has 1 saturated heterocycles. The molecule has 0 spiro atoms. The fourth-order valence-electron chi connectivity index (χ4n) is 4.17. The first-order chi connectivity index (χ1) is 16.1. The number of fused-ring (bicyclic) bond motifs is 1. The number of carbonyl (C=O) groups excluding carboxylic acids is 1. The van der Waals surface area contributed by atoms with Gasteiger partial charge in [0.25, 0.3) is 0 Å². The molecule has 3 rings (SSSR count). The molecule has 0 saturated carbocycles. The summed E-state index contributed by atoms with van der Waals surface area (Å²) < 4.78 is 73.7. The maximum atomic E-state index is 13.0. The van der Waals surface area contributed by atoms with Crippen molar-refractivity contribution in [1.29, 1.82) is 0 Å². The van der Waals surface area contributed by atoms with Crippen molar-refractivity contribution >= 4 is 5.91 Å². The van der Waals surface area contributed by atoms with E-state index in [-0.39, 0.29) is 39.0 Å². The molecule has 6 nitrogen and oxygen atoms in total. The number of unbranched alkanes of at least 4 members (excludes halogenated alkanes) is 2. The average Bonchev–Trinajstić information content (AvgIpc) is 3.30. The first-order valence-electron chi connectivity index (χ1n) is 11.6. The van der Waals surface area contributed by atoms with Crippen LogP contribution in [-0.2, 0) is 4.79 Å². The molecule has 1 amide bonds. The van der Waals surface area contributed by atoms with Crippen molar-refractivity contribution in [2.45, 2.75) is 76.6 Å². The fourth-order valence-corrected chi connectivity index (χ4v) is 4.17. The SMILES string of the molecule is C.O=C(CCCCCC(F)(F)C(F)(F)F)N[C@H](CN1CCCC1)[C@H](O)c1ccc2c(c1)OCCO2. The van der Waals surface area contributed by atoms with Crippen LogP contribution < -0.4 is 14.8 Å². The second-order valence-corrected chi connectivity index (χ2v) is 8.79. The molecule has 2 aliphatic heterocycles. The molecule has 1 fully saturated rings. The van der Waals surface area contributed by atoms with Gasteiger partial charge >= 0.3 is 12.1 Å². The Balaban J connectivity index is 0.00000432. The second-order valence-electron chi connectivity index (χ2n) is 8.79. The van der Waals surface area contributed by atoms with Crippen LogP contribution >= 0.6 is 0 Å². The molecule has 200 valence electrons. The summed E-state index contributed by atoms with van der Waals surface area (Å²) in [5.74, 6) is -4.00. The Labute approximate surface area is 202 Å². The van der Waals surface area contributed by atoms with Gasteiger partial charge in [-0.15, -0.1) is 0 Å². The topological polar surface area (TPSA) is 71.0 Å². The molecule has 35 heavy (non-hydrogen) atoms. The molecule has 0 aliphatic carbocycles. The van der Waals surface area contributed by atoms with Gasteiger partial charge in [-0.25, -0.2) is 0 Å². The van der Waals surface area contributed by atoms with Gasteiger partial charge in [0, 0.05) is 19.4 Å². The van der Waals surface area contributed by atoms with E-state index in [1.807, 2.05) is 0 Å². The monoisotopic (exact) mass is 510 g/mol. The lowest BCUT2D eigenvalue weighted by Gasteiger charge is -2.29. The van der Waals surface area contributed by atoms with Gasteiger partial charge in [-0.05, 0) is 56.5 Å². The summed E-state index contributed by atoms with van der Waals surface area (Å²) in [5.41, 5.74) is 0.558. The number of ether oxygens (including phenoxy) is 2. The molecule has 0 aromatic heterocycles. The summed E-state index contributed by atoms with van der Waals surface area (Å²) in [5, 5.41) is 13.9. The Morgan fingerprint density at radius 3 is 2.34 bits per heavy atom. The lowest BCUT2D eigenvalue weighted by molar-refractivity contribution is -0.284. The number of aliphatic hydroxyl groups is 1. The zero-order valence-electron chi connectivity index (χ0n) is 18.9. The highest BCUT2D eigenvalue weighted by Gasteiger charge is 2.56. The van der Waals surface area contributed by atoms with Crippen LogP contribution in [0.4, 0.5) is 22.0 Å². The van der Waals surface area contributed by atoms with Crippen LogP contribution in [0.3, 0.4) is 0 Å². The van der Waals surface area contributed by atoms with Crippen LogP contribution in [0.25, 0.3) is 0 Å². The molecule has 11 heteroatoms. The van der Waals surface area contributed by atoms with Gasteiger partial charge in [-0.3, -0.25) is 4.79 Å². The zero-order chi connectivity index (χ0) is 24.8. The highest BCUT2D eigenvalue weighted by molar-refractivity contribution is 5.76. The zero-order valence-corrected chi connectivity index (χ0v) is 18.9. The standard InChI is InChI=1S/C23H31F5N2O4.CH4/c24-22(25,23(26,27)28)9-3-1-2-6-20(31)29-17(15-30-10-4-5-11-30)21(32)16-7-8-18-19(14-16)34-13-12-33-18;/h7-8,14,17,21,32H,1-6,9-13,15H2,(H,29,31);1H4/t17-,21-;/m1./s1. The van der Waals surface area contributed by atoms with Crippen LogP contribution in [0.1, 0.15) is 64.0 Å². The normalized spacial score (nSPS) is 18.0. The van der Waals surface area contributed by atoms with Gasteiger partial charge in [0.2, 0.25) is 5.91 Å². The van der Waals surface area contributed by atoms with Gasteiger partial charge in [0.15, 0.2) is 11.5 Å². The highest BCUT2D eigenvalue weighted by atomic mass is 19.4. The maximum Gasteiger partial charge on any atom is 0.453 e. The van der Waals surface area contributed by atoms with Crippen molar-refractivity contribution in [1.82, 2.24) is 10.2 Å². The van der Waals surface area contributed by atoms with Crippen LogP contribution in [0.2, 0.25) is 0 Å². The van der Waals surface area contributed by atoms with Crippen LogP contribution in [0.5, 0.6) is 11.5 Å². The van der Waals surface area contributed by atoms with Gasteiger partial charge in [0.05, 0.1) is 6.04 Å². The first kappa shape index (κ1) is 29.1. The quantitative estimate of drug-likeness (QED) is 0.329. The van der Waals surface area contributed by atoms with E-state index in [2.05, 4.69) is 10.2 Å². The number of nitrogens with one attached hydrogen (secondary N) is 1. The molecule has 0 unspecified atom stereocenters. The predicted molar refractivity (Wildman–Crippen MR) is 121 cm³/mol. The largest absolute Gasteiger partial charge is 0.486 e. The Kier molecular flexibility index (Phi) is 10.6. The summed E-state index contributed by atoms with van der Waals surface area (Å²) in [4.78, 5) is 14.6. The van der Waals surface area contributed by atoms with E-state index in [0.717, 1.165) is 25.9 Å².